The van der Waals surface area contributed by atoms with E-state index < -0.39 is 17.3 Å². The molecule has 1 aliphatic carbocycles. The van der Waals surface area contributed by atoms with E-state index in [2.05, 4.69) is 0 Å². The minimum absolute atomic E-state index is 0.0536. The molecule has 0 aromatic heterocycles. The smallest absolute Gasteiger partial charge is 0.200 e. The average molecular weight is 285 g/mol. The highest BCUT2D eigenvalue weighted by atomic mass is 16.3. The Morgan fingerprint density at radius 1 is 0.714 bits per heavy atom. The van der Waals surface area contributed by atoms with E-state index >= 15 is 0 Å². The maximum atomic E-state index is 12.6. The predicted molar refractivity (Wildman–Crippen MR) is 76.3 cm³/mol. The van der Waals surface area contributed by atoms with Gasteiger partial charge in [0.25, 0.3) is 0 Å². The van der Waals surface area contributed by atoms with Crippen LogP contribution in [0, 0.1) is 0 Å². The summed E-state index contributed by atoms with van der Waals surface area (Å²) < 4.78 is 0. The zero-order chi connectivity index (χ0) is 15.5. The van der Waals surface area contributed by atoms with Crippen molar-refractivity contribution in [3.05, 3.63) is 40.5 Å². The first-order valence-electron chi connectivity index (χ1n) is 5.96. The van der Waals surface area contributed by atoms with Gasteiger partial charge >= 0.3 is 0 Å². The molecule has 0 radical (unpaired) electrons. The average Bonchev–Trinajstić information content (AvgIpc) is 2.42. The molecular formula is C14H11N3O4. The molecule has 2 aromatic carbocycles. The maximum absolute atomic E-state index is 12.6. The van der Waals surface area contributed by atoms with Crippen LogP contribution in [-0.2, 0) is 0 Å². The van der Waals surface area contributed by atoms with Crippen LogP contribution in [0.5, 0.6) is 11.5 Å². The lowest BCUT2D eigenvalue weighted by molar-refractivity contribution is 0.0978. The molecule has 0 saturated heterocycles. The van der Waals surface area contributed by atoms with Crippen molar-refractivity contribution in [2.24, 2.45) is 0 Å². The third-order valence-corrected chi connectivity index (χ3v) is 3.50. The largest absolute Gasteiger partial charge is 0.507 e. The molecule has 0 heterocycles. The Kier molecular flexibility index (Phi) is 2.37. The van der Waals surface area contributed by atoms with E-state index in [0.29, 0.717) is 0 Å². The van der Waals surface area contributed by atoms with Crippen LogP contribution in [0.2, 0.25) is 0 Å². The molecule has 1 aliphatic rings. The van der Waals surface area contributed by atoms with Gasteiger partial charge in [-0.05, 0) is 12.1 Å². The zero-order valence-electron chi connectivity index (χ0n) is 10.7. The highest BCUT2D eigenvalue weighted by Crippen LogP contribution is 2.42. The Balaban J connectivity index is 2.47. The fraction of sp³-hybridized carbons (Fsp3) is 0. The molecule has 7 nitrogen and oxygen atoms in total. The number of ketones is 2. The number of anilines is 3. The normalized spacial score (nSPS) is 13.0. The summed E-state index contributed by atoms with van der Waals surface area (Å²) in [5, 5.41) is 19.5. The van der Waals surface area contributed by atoms with Crippen LogP contribution in [-0.4, -0.2) is 21.8 Å². The van der Waals surface area contributed by atoms with Crippen molar-refractivity contribution in [1.29, 1.82) is 0 Å². The minimum Gasteiger partial charge on any atom is -0.507 e. The van der Waals surface area contributed by atoms with E-state index in [1.165, 1.54) is 12.1 Å². The van der Waals surface area contributed by atoms with E-state index in [0.717, 1.165) is 6.07 Å². The molecule has 0 amide bonds. The van der Waals surface area contributed by atoms with Crippen molar-refractivity contribution in [1.82, 2.24) is 0 Å². The summed E-state index contributed by atoms with van der Waals surface area (Å²) in [6.07, 6.45) is 0. The quantitative estimate of drug-likeness (QED) is 0.230. The van der Waals surface area contributed by atoms with Gasteiger partial charge in [0.1, 0.15) is 11.5 Å². The highest BCUT2D eigenvalue weighted by molar-refractivity contribution is 6.34. The zero-order valence-corrected chi connectivity index (χ0v) is 10.7. The number of rotatable bonds is 0. The number of hydrogen-bond donors (Lipinski definition) is 5. The van der Waals surface area contributed by atoms with E-state index in [1.807, 2.05) is 0 Å². The maximum Gasteiger partial charge on any atom is 0.200 e. The van der Waals surface area contributed by atoms with Crippen molar-refractivity contribution >= 4 is 28.6 Å². The Morgan fingerprint density at radius 2 is 1.29 bits per heavy atom. The summed E-state index contributed by atoms with van der Waals surface area (Å²) in [6.45, 7) is 0. The summed E-state index contributed by atoms with van der Waals surface area (Å²) in [4.78, 5) is 25.1. The monoisotopic (exact) mass is 285 g/mol. The lowest BCUT2D eigenvalue weighted by Gasteiger charge is -2.22. The Bertz CT molecular complexity index is 843. The number of aromatic hydroxyl groups is 2. The molecule has 2 aromatic rings. The van der Waals surface area contributed by atoms with Crippen molar-refractivity contribution in [2.75, 3.05) is 17.2 Å². The standard InChI is InChI=1S/C14H11N3O4/c15-4-1-2-6(18)10-8(4)13(20)9-5(16)3-7(19)12(17)11(9)14(10)21/h1-3,18-19H,15-17H2. The lowest BCUT2D eigenvalue weighted by Crippen LogP contribution is -2.25. The Labute approximate surface area is 118 Å². The van der Waals surface area contributed by atoms with Gasteiger partial charge in [0.2, 0.25) is 5.78 Å². The summed E-state index contributed by atoms with van der Waals surface area (Å²) in [5.74, 6) is -2.11. The lowest BCUT2D eigenvalue weighted by atomic mass is 9.81. The first-order chi connectivity index (χ1) is 9.84. The van der Waals surface area contributed by atoms with Crippen molar-refractivity contribution < 1.29 is 19.8 Å². The van der Waals surface area contributed by atoms with Gasteiger partial charge in [0, 0.05) is 17.4 Å². The van der Waals surface area contributed by atoms with E-state index in [4.69, 9.17) is 17.2 Å². The summed E-state index contributed by atoms with van der Waals surface area (Å²) in [7, 11) is 0. The summed E-state index contributed by atoms with van der Waals surface area (Å²) >= 11 is 0. The van der Waals surface area contributed by atoms with Gasteiger partial charge in [-0.15, -0.1) is 0 Å². The van der Waals surface area contributed by atoms with Gasteiger partial charge in [-0.3, -0.25) is 9.59 Å². The van der Waals surface area contributed by atoms with E-state index in [-0.39, 0.29) is 45.1 Å². The third kappa shape index (κ3) is 1.48. The first-order valence-corrected chi connectivity index (χ1v) is 5.96. The Hall–Kier alpha value is -3.22. The number of hydrogen-bond acceptors (Lipinski definition) is 7. The fourth-order valence-electron chi connectivity index (χ4n) is 2.52. The van der Waals surface area contributed by atoms with Gasteiger partial charge in [0.05, 0.1) is 27.9 Å². The van der Waals surface area contributed by atoms with Crippen LogP contribution in [0.1, 0.15) is 31.8 Å². The van der Waals surface area contributed by atoms with Gasteiger partial charge in [-0.2, -0.15) is 0 Å². The molecule has 0 aliphatic heterocycles. The fourth-order valence-corrected chi connectivity index (χ4v) is 2.52. The molecule has 0 unspecified atom stereocenters. The third-order valence-electron chi connectivity index (χ3n) is 3.50. The van der Waals surface area contributed by atoms with E-state index in [1.54, 1.807) is 0 Å². The molecule has 3 rings (SSSR count). The van der Waals surface area contributed by atoms with Crippen molar-refractivity contribution in [3.8, 4) is 11.5 Å². The SMILES string of the molecule is Nc1ccc(O)c2c1C(=O)c1c(N)cc(O)c(N)c1C2=O. The van der Waals surface area contributed by atoms with Crippen LogP contribution in [0.15, 0.2) is 18.2 Å². The number of fused-ring (bicyclic) bond motifs is 2. The van der Waals surface area contributed by atoms with Gasteiger partial charge in [-0.25, -0.2) is 0 Å². The molecule has 0 bridgehead atoms. The van der Waals surface area contributed by atoms with Crippen molar-refractivity contribution in [2.45, 2.75) is 0 Å². The second kappa shape index (κ2) is 3.89. The van der Waals surface area contributed by atoms with Crippen molar-refractivity contribution in [3.63, 3.8) is 0 Å². The van der Waals surface area contributed by atoms with Gasteiger partial charge < -0.3 is 27.4 Å². The number of nitrogen functional groups attached to an aromatic ring is 3. The predicted octanol–water partition coefficient (Wildman–Crippen LogP) is 0.620. The molecule has 0 spiro atoms. The second-order valence-electron chi connectivity index (χ2n) is 4.73. The number of carbonyl (C=O) groups excluding carboxylic acids is 2. The number of benzene rings is 2. The molecule has 106 valence electrons. The number of carbonyl (C=O) groups is 2. The molecular weight excluding hydrogens is 274 g/mol. The minimum atomic E-state index is -0.704. The molecule has 21 heavy (non-hydrogen) atoms. The second-order valence-corrected chi connectivity index (χ2v) is 4.73. The van der Waals surface area contributed by atoms with Gasteiger partial charge in [0.15, 0.2) is 5.78 Å². The number of phenols is 2. The molecule has 0 saturated carbocycles. The molecule has 7 heteroatoms. The molecule has 0 fully saturated rings. The van der Waals surface area contributed by atoms with Crippen LogP contribution < -0.4 is 17.2 Å². The van der Waals surface area contributed by atoms with Crippen LogP contribution in [0.3, 0.4) is 0 Å². The molecule has 0 atom stereocenters. The number of phenolic OH excluding ortho intramolecular Hbond substituents is 2. The highest BCUT2D eigenvalue weighted by Gasteiger charge is 2.37. The van der Waals surface area contributed by atoms with Crippen LogP contribution >= 0.6 is 0 Å². The molecule has 8 N–H and O–H groups in total. The van der Waals surface area contributed by atoms with E-state index in [9.17, 15) is 19.8 Å². The summed E-state index contributed by atoms with van der Waals surface area (Å²) in [6, 6.07) is 3.64. The van der Waals surface area contributed by atoms with Gasteiger partial charge in [-0.1, -0.05) is 0 Å². The Morgan fingerprint density at radius 3 is 1.95 bits per heavy atom. The van der Waals surface area contributed by atoms with Crippen LogP contribution in [0.4, 0.5) is 17.1 Å². The topological polar surface area (TPSA) is 153 Å². The van der Waals surface area contributed by atoms with Crippen LogP contribution in [0.25, 0.3) is 0 Å². The first kappa shape index (κ1) is 12.8. The summed E-state index contributed by atoms with van der Waals surface area (Å²) in [5.41, 5.74) is 16.2. The number of nitrogens with two attached hydrogens (primary N) is 3.